The Bertz CT molecular complexity index is 693. The van der Waals surface area contributed by atoms with Gasteiger partial charge < -0.3 is 15.6 Å². The highest BCUT2D eigenvalue weighted by Crippen LogP contribution is 2.25. The third-order valence-electron chi connectivity index (χ3n) is 4.80. The number of nitrogens with zero attached hydrogens (tertiary/aromatic N) is 2. The monoisotopic (exact) mass is 392 g/mol. The van der Waals surface area contributed by atoms with Gasteiger partial charge in [-0.25, -0.2) is 9.37 Å². The van der Waals surface area contributed by atoms with E-state index in [0.29, 0.717) is 19.5 Å². The van der Waals surface area contributed by atoms with Gasteiger partial charge in [0.2, 0.25) is 5.91 Å². The van der Waals surface area contributed by atoms with Crippen molar-refractivity contribution in [3.8, 4) is 0 Å². The molecule has 1 aromatic heterocycles. The first-order valence-electron chi connectivity index (χ1n) is 8.06. The van der Waals surface area contributed by atoms with Gasteiger partial charge in [-0.2, -0.15) is 0 Å². The number of rotatable bonds is 7. The summed E-state index contributed by atoms with van der Waals surface area (Å²) >= 11 is 0. The second-order valence-electron chi connectivity index (χ2n) is 5.92. The molecule has 8 heteroatoms. The van der Waals surface area contributed by atoms with E-state index in [2.05, 4.69) is 10.3 Å². The fourth-order valence-electron chi connectivity index (χ4n) is 2.86. The smallest absolute Gasteiger partial charge is 0.227 e. The highest BCUT2D eigenvalue weighted by molar-refractivity contribution is 5.85. The molecule has 142 valence electrons. The maximum atomic E-state index is 13.3. The first-order chi connectivity index (χ1) is 11.0. The van der Waals surface area contributed by atoms with E-state index in [1.54, 1.807) is 6.07 Å². The fraction of sp³-hybridized carbons (Fsp3) is 0.529. The van der Waals surface area contributed by atoms with Crippen molar-refractivity contribution in [1.29, 1.82) is 0 Å². The van der Waals surface area contributed by atoms with Gasteiger partial charge in [-0.3, -0.25) is 4.79 Å². The number of benzene rings is 1. The van der Waals surface area contributed by atoms with Crippen LogP contribution in [0.5, 0.6) is 0 Å². The van der Waals surface area contributed by atoms with Crippen LogP contribution in [0.25, 0.3) is 11.0 Å². The molecule has 0 spiro atoms. The lowest BCUT2D eigenvalue weighted by Gasteiger charge is -2.28. The number of aryl methyl sites for hydroxylation is 1. The largest absolute Gasteiger partial charge is 0.355 e. The van der Waals surface area contributed by atoms with Crippen LogP contribution in [0.2, 0.25) is 0 Å². The molecule has 0 aliphatic carbocycles. The van der Waals surface area contributed by atoms with E-state index in [4.69, 9.17) is 5.73 Å². The molecule has 0 radical (unpaired) electrons. The lowest BCUT2D eigenvalue weighted by atomic mass is 9.81. The molecule has 0 aliphatic rings. The second-order valence-corrected chi connectivity index (χ2v) is 5.92. The first-order valence-corrected chi connectivity index (χ1v) is 8.06. The maximum Gasteiger partial charge on any atom is 0.227 e. The van der Waals surface area contributed by atoms with Crippen molar-refractivity contribution in [2.24, 2.45) is 18.2 Å². The molecule has 0 saturated heterocycles. The molecule has 25 heavy (non-hydrogen) atoms. The molecule has 1 heterocycles. The molecule has 1 aromatic carbocycles. The minimum atomic E-state index is -0.491. The Morgan fingerprint density at radius 3 is 2.52 bits per heavy atom. The second kappa shape index (κ2) is 9.94. The van der Waals surface area contributed by atoms with Gasteiger partial charge in [0, 0.05) is 26.6 Å². The molecule has 5 nitrogen and oxygen atoms in total. The lowest BCUT2D eigenvalue weighted by molar-refractivity contribution is -0.131. The molecular weight excluding hydrogens is 366 g/mol. The van der Waals surface area contributed by atoms with Gasteiger partial charge in [-0.15, -0.1) is 24.8 Å². The van der Waals surface area contributed by atoms with Gasteiger partial charge in [0.05, 0.1) is 16.4 Å². The Balaban J connectivity index is 0.00000288. The Morgan fingerprint density at radius 2 is 1.96 bits per heavy atom. The number of fused-ring (bicyclic) bond motifs is 1. The minimum absolute atomic E-state index is 0. The number of hydrogen-bond donors (Lipinski definition) is 2. The highest BCUT2D eigenvalue weighted by atomic mass is 35.5. The van der Waals surface area contributed by atoms with Crippen molar-refractivity contribution < 1.29 is 9.18 Å². The van der Waals surface area contributed by atoms with Crippen LogP contribution < -0.4 is 11.1 Å². The summed E-state index contributed by atoms with van der Waals surface area (Å²) in [7, 11) is 1.86. The molecule has 0 saturated carbocycles. The Labute approximate surface area is 160 Å². The van der Waals surface area contributed by atoms with E-state index >= 15 is 0 Å². The molecule has 0 aliphatic heterocycles. The summed E-state index contributed by atoms with van der Waals surface area (Å²) < 4.78 is 15.2. The van der Waals surface area contributed by atoms with E-state index in [9.17, 15) is 9.18 Å². The molecule has 0 unspecified atom stereocenters. The van der Waals surface area contributed by atoms with Crippen molar-refractivity contribution in [2.45, 2.75) is 33.1 Å². The summed E-state index contributed by atoms with van der Waals surface area (Å²) in [5.74, 6) is 0.533. The van der Waals surface area contributed by atoms with E-state index in [0.717, 1.165) is 29.7 Å². The zero-order valence-electron chi connectivity index (χ0n) is 14.8. The predicted molar refractivity (Wildman–Crippen MR) is 104 cm³/mol. The zero-order chi connectivity index (χ0) is 17.0. The topological polar surface area (TPSA) is 72.9 Å². The number of aromatic nitrogens is 2. The van der Waals surface area contributed by atoms with Crippen molar-refractivity contribution in [2.75, 3.05) is 13.1 Å². The Kier molecular flexibility index (Phi) is 9.40. The lowest BCUT2D eigenvalue weighted by Crippen LogP contribution is -2.45. The number of carbonyl (C=O) groups is 1. The first kappa shape index (κ1) is 23.6. The van der Waals surface area contributed by atoms with Crippen LogP contribution in [0.4, 0.5) is 4.39 Å². The van der Waals surface area contributed by atoms with Crippen LogP contribution in [0, 0.1) is 11.2 Å². The summed E-state index contributed by atoms with van der Waals surface area (Å²) in [6.07, 6.45) is 2.03. The summed E-state index contributed by atoms with van der Waals surface area (Å²) in [6.45, 7) is 4.80. The van der Waals surface area contributed by atoms with Crippen LogP contribution >= 0.6 is 24.8 Å². The van der Waals surface area contributed by atoms with Gasteiger partial charge in [0.1, 0.15) is 11.6 Å². The van der Waals surface area contributed by atoms with Crippen LogP contribution in [0.1, 0.15) is 32.5 Å². The number of halogens is 3. The van der Waals surface area contributed by atoms with E-state index in [-0.39, 0.29) is 36.5 Å². The van der Waals surface area contributed by atoms with E-state index in [1.165, 1.54) is 12.1 Å². The van der Waals surface area contributed by atoms with Gasteiger partial charge in [-0.05, 0) is 31.0 Å². The summed E-state index contributed by atoms with van der Waals surface area (Å²) in [6, 6.07) is 4.54. The zero-order valence-corrected chi connectivity index (χ0v) is 16.5. The molecule has 2 aromatic rings. The number of nitrogens with one attached hydrogen (secondary N) is 1. The number of imidazole rings is 1. The molecule has 0 bridgehead atoms. The van der Waals surface area contributed by atoms with Crippen molar-refractivity contribution in [3.63, 3.8) is 0 Å². The van der Waals surface area contributed by atoms with Gasteiger partial charge in [-0.1, -0.05) is 13.8 Å². The van der Waals surface area contributed by atoms with E-state index < -0.39 is 5.41 Å². The Morgan fingerprint density at radius 1 is 1.32 bits per heavy atom. The number of amides is 1. The van der Waals surface area contributed by atoms with Crippen molar-refractivity contribution >= 4 is 41.8 Å². The molecule has 0 atom stereocenters. The highest BCUT2D eigenvalue weighted by Gasteiger charge is 2.32. The van der Waals surface area contributed by atoms with Crippen LogP contribution in [0.3, 0.4) is 0 Å². The third kappa shape index (κ3) is 4.84. The SMILES string of the molecule is CCC(CC)(CN)C(=O)NCCc1nc2ccc(F)cc2n1C.Cl.Cl. The summed E-state index contributed by atoms with van der Waals surface area (Å²) in [5.41, 5.74) is 6.81. The number of nitrogens with two attached hydrogens (primary N) is 1. The van der Waals surface area contributed by atoms with Crippen LogP contribution in [-0.2, 0) is 18.3 Å². The number of carbonyl (C=O) groups excluding carboxylic acids is 1. The molecule has 2 rings (SSSR count). The van der Waals surface area contributed by atoms with Crippen LogP contribution in [-0.4, -0.2) is 28.5 Å². The third-order valence-corrected chi connectivity index (χ3v) is 4.80. The predicted octanol–water partition coefficient (Wildman–Crippen LogP) is 2.98. The standard InChI is InChI=1S/C17H25FN4O.2ClH/c1-4-17(5-2,11-19)16(23)20-9-8-15-21-13-7-6-12(18)10-14(13)22(15)3;;/h6-7,10H,4-5,8-9,11,19H2,1-3H3,(H,20,23);2*1H. The van der Waals surface area contributed by atoms with Gasteiger partial charge in [0.25, 0.3) is 0 Å². The van der Waals surface area contributed by atoms with Crippen molar-refractivity contribution in [1.82, 2.24) is 14.9 Å². The number of hydrogen-bond acceptors (Lipinski definition) is 3. The summed E-state index contributed by atoms with van der Waals surface area (Å²) in [4.78, 5) is 16.9. The average molecular weight is 393 g/mol. The quantitative estimate of drug-likeness (QED) is 0.760. The Hall–Kier alpha value is -1.37. The normalized spacial score (nSPS) is 10.9. The van der Waals surface area contributed by atoms with Gasteiger partial charge >= 0.3 is 0 Å². The van der Waals surface area contributed by atoms with Crippen molar-refractivity contribution in [3.05, 3.63) is 29.8 Å². The summed E-state index contributed by atoms with van der Waals surface area (Å²) in [5, 5.41) is 2.96. The fourth-order valence-corrected chi connectivity index (χ4v) is 2.86. The van der Waals surface area contributed by atoms with E-state index in [1.807, 2.05) is 25.5 Å². The van der Waals surface area contributed by atoms with Gasteiger partial charge in [0.15, 0.2) is 0 Å². The average Bonchev–Trinajstić information content (AvgIpc) is 2.86. The maximum absolute atomic E-state index is 13.3. The van der Waals surface area contributed by atoms with Crippen LogP contribution in [0.15, 0.2) is 18.2 Å². The molecular formula is C17H27Cl2FN4O. The molecule has 3 N–H and O–H groups in total. The molecule has 1 amide bonds. The minimum Gasteiger partial charge on any atom is -0.355 e. The molecule has 0 fully saturated rings.